The molecule has 3 fully saturated rings. The van der Waals surface area contributed by atoms with E-state index < -0.39 is 0 Å². The van der Waals surface area contributed by atoms with Crippen molar-refractivity contribution < 1.29 is 23.9 Å². The Morgan fingerprint density at radius 2 is 1.59 bits per heavy atom. The summed E-state index contributed by atoms with van der Waals surface area (Å²) in [5.41, 5.74) is 4.07. The Kier molecular flexibility index (Phi) is 11.4. The lowest BCUT2D eigenvalue weighted by molar-refractivity contribution is -0.129. The van der Waals surface area contributed by atoms with Crippen molar-refractivity contribution in [2.24, 2.45) is 0 Å². The predicted molar refractivity (Wildman–Crippen MR) is 222 cm³/mol. The fourth-order valence-electron chi connectivity index (χ4n) is 8.00. The van der Waals surface area contributed by atoms with E-state index in [4.69, 9.17) is 14.5 Å². The molecule has 15 nitrogen and oxygen atoms in total. The largest absolute Gasteiger partial charge is 0.497 e. The number of imide groups is 1. The summed E-state index contributed by atoms with van der Waals surface area (Å²) in [4.78, 5) is 62.5. The first-order chi connectivity index (χ1) is 28.2. The molecule has 0 radical (unpaired) electrons. The van der Waals surface area contributed by atoms with Crippen LogP contribution in [0.5, 0.6) is 11.5 Å². The molecule has 1 saturated carbocycles. The highest BCUT2D eigenvalue weighted by Crippen LogP contribution is 2.35. The number of nitrogens with zero attached hydrogens (tertiary/aromatic N) is 9. The highest BCUT2D eigenvalue weighted by Gasteiger charge is 2.33. The zero-order chi connectivity index (χ0) is 40.2. The summed E-state index contributed by atoms with van der Waals surface area (Å²) in [6, 6.07) is 20.7. The van der Waals surface area contributed by atoms with Crippen LogP contribution < -0.4 is 24.6 Å². The van der Waals surface area contributed by atoms with Crippen LogP contribution in [0.25, 0.3) is 11.0 Å². The first kappa shape index (κ1) is 38.6. The Morgan fingerprint density at radius 1 is 0.862 bits per heavy atom. The number of methoxy groups -OCH3 is 1. The van der Waals surface area contributed by atoms with E-state index in [1.165, 1.54) is 4.90 Å². The monoisotopic (exact) mass is 786 g/mol. The van der Waals surface area contributed by atoms with E-state index in [9.17, 15) is 14.4 Å². The van der Waals surface area contributed by atoms with Gasteiger partial charge >= 0.3 is 6.03 Å². The van der Waals surface area contributed by atoms with Gasteiger partial charge in [0.05, 0.1) is 25.5 Å². The van der Waals surface area contributed by atoms with Gasteiger partial charge in [-0.15, -0.1) is 0 Å². The minimum atomic E-state index is -0.328. The van der Waals surface area contributed by atoms with Crippen LogP contribution in [-0.2, 0) is 11.3 Å². The molecule has 5 aromatic rings. The van der Waals surface area contributed by atoms with E-state index in [1.807, 2.05) is 66.9 Å². The number of pyridine rings is 1. The summed E-state index contributed by atoms with van der Waals surface area (Å²) in [5, 5.41) is 4.12. The highest BCUT2D eigenvalue weighted by molar-refractivity contribution is 6.05. The molecular weight excluding hydrogens is 737 g/mol. The summed E-state index contributed by atoms with van der Waals surface area (Å²) < 4.78 is 13.4. The lowest BCUT2D eigenvalue weighted by Crippen LogP contribution is -2.52. The molecule has 8 rings (SSSR count). The van der Waals surface area contributed by atoms with Crippen molar-refractivity contribution in [2.45, 2.75) is 44.7 Å². The topological polar surface area (TPSA) is 142 Å². The number of rotatable bonds is 13. The lowest BCUT2D eigenvalue weighted by atomic mass is 10.1. The maximum Gasteiger partial charge on any atom is 0.331 e. The van der Waals surface area contributed by atoms with Gasteiger partial charge < -0.3 is 29.2 Å². The average Bonchev–Trinajstić information content (AvgIpc) is 3.91. The van der Waals surface area contributed by atoms with Gasteiger partial charge in [0.1, 0.15) is 35.3 Å². The molecule has 3 aromatic heterocycles. The summed E-state index contributed by atoms with van der Waals surface area (Å²) >= 11 is 0. The maximum absolute atomic E-state index is 13.3. The van der Waals surface area contributed by atoms with Gasteiger partial charge in [0.15, 0.2) is 0 Å². The van der Waals surface area contributed by atoms with E-state index in [0.717, 1.165) is 97.9 Å². The van der Waals surface area contributed by atoms with Crippen LogP contribution in [0.1, 0.15) is 54.2 Å². The molecule has 58 heavy (non-hydrogen) atoms. The Bertz CT molecular complexity index is 2230. The van der Waals surface area contributed by atoms with Gasteiger partial charge in [-0.1, -0.05) is 25.0 Å². The second-order valence-electron chi connectivity index (χ2n) is 15.2. The quantitative estimate of drug-likeness (QED) is 0.151. The summed E-state index contributed by atoms with van der Waals surface area (Å²) in [6.07, 6.45) is 8.29. The molecule has 2 aliphatic heterocycles. The minimum absolute atomic E-state index is 0.0305. The molecule has 1 N–H and O–H groups in total. The molecular formula is C43H50N10O5. The van der Waals surface area contributed by atoms with Gasteiger partial charge in [0.25, 0.3) is 5.91 Å². The van der Waals surface area contributed by atoms with Crippen molar-refractivity contribution in [2.75, 3.05) is 82.2 Å². The molecule has 5 heterocycles. The third-order valence-electron chi connectivity index (χ3n) is 11.3. The number of aromatic nitrogens is 4. The number of carbonyl (C=O) groups is 3. The number of urea groups is 1. The molecule has 1 aliphatic carbocycles. The van der Waals surface area contributed by atoms with Crippen LogP contribution in [-0.4, -0.2) is 119 Å². The lowest BCUT2D eigenvalue weighted by Gasteiger charge is -2.35. The van der Waals surface area contributed by atoms with Crippen LogP contribution in [0.3, 0.4) is 0 Å². The number of ether oxygens (including phenoxy) is 2. The molecule has 2 aromatic carbocycles. The number of hydrogen-bond donors (Lipinski definition) is 1. The number of piperazine rings is 1. The van der Waals surface area contributed by atoms with Gasteiger partial charge in [-0.2, -0.15) is 4.98 Å². The molecule has 0 unspecified atom stereocenters. The van der Waals surface area contributed by atoms with Crippen molar-refractivity contribution in [3.8, 4) is 11.5 Å². The molecule has 0 bridgehead atoms. The van der Waals surface area contributed by atoms with E-state index >= 15 is 0 Å². The van der Waals surface area contributed by atoms with Crippen LogP contribution in [0.4, 0.5) is 27.9 Å². The molecule has 302 valence electrons. The molecule has 2 saturated heterocycles. The number of benzene rings is 2. The average molecular weight is 787 g/mol. The van der Waals surface area contributed by atoms with E-state index in [2.05, 4.69) is 35.7 Å². The number of carbonyl (C=O) groups excluding carboxylic acids is 3. The standard InChI is InChI=1S/C43H50N10O5/c1-48(2)41(55)37-26-31-27-45-42(47-40(31)53(37)33-6-4-5-7-33)46-38-17-12-34(28-44-38)50-22-20-49(21-23-50)24-25-58-36-15-10-32(11-16-36)51-19-18-39(54)52(43(51)56)29-30-8-13-35(57-3)14-9-30/h8-17,26-28,33H,4-7,18-25,29H2,1-3H3,(H,44,45,46,47). The Hall–Kier alpha value is -6.22. The zero-order valence-corrected chi connectivity index (χ0v) is 33.3. The number of nitrogens with one attached hydrogen (secondary N) is 1. The van der Waals surface area contributed by atoms with Gasteiger partial charge in [-0.3, -0.25) is 24.3 Å². The number of anilines is 4. The van der Waals surface area contributed by atoms with E-state index in [-0.39, 0.29) is 36.9 Å². The van der Waals surface area contributed by atoms with Crippen molar-refractivity contribution >= 4 is 52.0 Å². The minimum Gasteiger partial charge on any atom is -0.497 e. The third kappa shape index (κ3) is 8.40. The molecule has 15 heteroatoms. The van der Waals surface area contributed by atoms with Gasteiger partial charge in [0, 0.05) is 83.1 Å². The van der Waals surface area contributed by atoms with Gasteiger partial charge in [-0.25, -0.2) is 14.8 Å². The number of fused-ring (bicyclic) bond motifs is 1. The molecule has 3 aliphatic rings. The normalized spacial score (nSPS) is 16.6. The molecule has 0 spiro atoms. The van der Waals surface area contributed by atoms with Crippen LogP contribution in [0.2, 0.25) is 0 Å². The van der Waals surface area contributed by atoms with Crippen LogP contribution in [0.15, 0.2) is 79.1 Å². The smallest absolute Gasteiger partial charge is 0.331 e. The van der Waals surface area contributed by atoms with Crippen molar-refractivity contribution in [3.05, 3.63) is 90.4 Å². The Labute approximate surface area is 338 Å². The van der Waals surface area contributed by atoms with Crippen LogP contribution in [0, 0.1) is 0 Å². The number of hydrogen-bond acceptors (Lipinski definition) is 11. The van der Waals surface area contributed by atoms with Crippen LogP contribution >= 0.6 is 0 Å². The van der Waals surface area contributed by atoms with Crippen molar-refractivity contribution in [1.82, 2.24) is 34.2 Å². The van der Waals surface area contributed by atoms with Gasteiger partial charge in [0.2, 0.25) is 11.9 Å². The Morgan fingerprint density at radius 3 is 2.28 bits per heavy atom. The third-order valence-corrected chi connectivity index (χ3v) is 11.3. The molecule has 0 atom stereocenters. The van der Waals surface area contributed by atoms with Crippen molar-refractivity contribution in [1.29, 1.82) is 0 Å². The Balaban J connectivity index is 0.801. The van der Waals surface area contributed by atoms with Gasteiger partial charge in [-0.05, 0) is 73.0 Å². The maximum atomic E-state index is 13.3. The summed E-state index contributed by atoms with van der Waals surface area (Å²) in [7, 11) is 5.16. The highest BCUT2D eigenvalue weighted by atomic mass is 16.5. The number of amides is 4. The predicted octanol–water partition coefficient (Wildman–Crippen LogP) is 5.96. The SMILES string of the molecule is COc1ccc(CN2C(=O)CCN(c3ccc(OCCN4CCN(c5ccc(Nc6ncc7cc(C(=O)N(C)C)n(C8CCCC8)c7n6)nc5)CC4)cc3)C2=O)cc1. The van der Waals surface area contributed by atoms with E-state index in [0.29, 0.717) is 30.6 Å². The first-order valence-electron chi connectivity index (χ1n) is 20.0. The second kappa shape index (κ2) is 17.1. The van der Waals surface area contributed by atoms with E-state index in [1.54, 1.807) is 37.2 Å². The van der Waals surface area contributed by atoms with Crippen molar-refractivity contribution in [3.63, 3.8) is 0 Å². The second-order valence-corrected chi connectivity index (χ2v) is 15.2. The fourth-order valence-corrected chi connectivity index (χ4v) is 8.00. The summed E-state index contributed by atoms with van der Waals surface area (Å²) in [6.45, 7) is 5.43. The molecule has 4 amide bonds. The summed E-state index contributed by atoms with van der Waals surface area (Å²) in [5.74, 6) is 2.34. The fraction of sp³-hybridized carbons (Fsp3) is 0.395. The first-order valence-corrected chi connectivity index (χ1v) is 20.0. The zero-order valence-electron chi connectivity index (χ0n) is 33.3.